The first kappa shape index (κ1) is 14.6. The smallest absolute Gasteiger partial charge is 0.362 e. The third-order valence-electron chi connectivity index (χ3n) is 2.72. The van der Waals surface area contributed by atoms with Crippen LogP contribution in [0.1, 0.15) is 27.8 Å². The summed E-state index contributed by atoms with van der Waals surface area (Å²) < 4.78 is 10.7. The molecule has 0 aliphatic carbocycles. The summed E-state index contributed by atoms with van der Waals surface area (Å²) >= 11 is 0. The molecule has 0 fully saturated rings. The largest absolute Gasteiger partial charge is 0.504 e. The van der Waals surface area contributed by atoms with Crippen molar-refractivity contribution < 1.29 is 24.2 Å². The summed E-state index contributed by atoms with van der Waals surface area (Å²) in [6.07, 6.45) is 1.29. The fourth-order valence-electron chi connectivity index (χ4n) is 1.71. The SMILES string of the molecule is CCOC(=O)c1nn(-c2ccc(C(=O)OC)cc2)cc1O. The first-order chi connectivity index (χ1) is 10.1. The van der Waals surface area contributed by atoms with Gasteiger partial charge in [0.1, 0.15) is 0 Å². The van der Waals surface area contributed by atoms with E-state index in [0.717, 1.165) is 0 Å². The van der Waals surface area contributed by atoms with E-state index in [1.807, 2.05) is 0 Å². The summed E-state index contributed by atoms with van der Waals surface area (Å²) in [6.45, 7) is 1.86. The topological polar surface area (TPSA) is 90.7 Å². The maximum absolute atomic E-state index is 11.6. The molecule has 0 amide bonds. The first-order valence-electron chi connectivity index (χ1n) is 6.21. The van der Waals surface area contributed by atoms with Gasteiger partial charge >= 0.3 is 11.9 Å². The molecule has 7 heteroatoms. The second-order valence-corrected chi connectivity index (χ2v) is 4.07. The molecule has 7 nitrogen and oxygen atoms in total. The zero-order valence-electron chi connectivity index (χ0n) is 11.6. The van der Waals surface area contributed by atoms with Crippen LogP contribution >= 0.6 is 0 Å². The molecule has 0 aliphatic heterocycles. The minimum absolute atomic E-state index is 0.158. The van der Waals surface area contributed by atoms with Gasteiger partial charge in [0.15, 0.2) is 5.75 Å². The van der Waals surface area contributed by atoms with Crippen LogP contribution in [0.5, 0.6) is 5.75 Å². The molecule has 0 atom stereocenters. The first-order valence-corrected chi connectivity index (χ1v) is 6.21. The van der Waals surface area contributed by atoms with Crippen LogP contribution in [0.4, 0.5) is 0 Å². The van der Waals surface area contributed by atoms with Crippen LogP contribution in [0.15, 0.2) is 30.5 Å². The Labute approximate surface area is 120 Å². The molecule has 0 radical (unpaired) electrons. The van der Waals surface area contributed by atoms with Crippen molar-refractivity contribution in [1.29, 1.82) is 0 Å². The number of hydrogen-bond donors (Lipinski definition) is 1. The average molecular weight is 290 g/mol. The Morgan fingerprint density at radius 2 is 1.90 bits per heavy atom. The van der Waals surface area contributed by atoms with Crippen molar-refractivity contribution in [3.63, 3.8) is 0 Å². The number of methoxy groups -OCH3 is 1. The van der Waals surface area contributed by atoms with Gasteiger partial charge in [-0.05, 0) is 31.2 Å². The van der Waals surface area contributed by atoms with E-state index in [0.29, 0.717) is 11.3 Å². The van der Waals surface area contributed by atoms with Crippen molar-refractivity contribution in [1.82, 2.24) is 9.78 Å². The highest BCUT2D eigenvalue weighted by Crippen LogP contribution is 2.19. The summed E-state index contributed by atoms with van der Waals surface area (Å²) in [5.74, 6) is -1.41. The lowest BCUT2D eigenvalue weighted by atomic mass is 10.2. The number of aromatic nitrogens is 2. The Kier molecular flexibility index (Phi) is 4.22. The van der Waals surface area contributed by atoms with Gasteiger partial charge in [-0.15, -0.1) is 0 Å². The van der Waals surface area contributed by atoms with Crippen molar-refractivity contribution in [3.8, 4) is 11.4 Å². The zero-order chi connectivity index (χ0) is 15.4. The average Bonchev–Trinajstić information content (AvgIpc) is 2.89. The highest BCUT2D eigenvalue weighted by atomic mass is 16.5. The maximum Gasteiger partial charge on any atom is 0.362 e. The second-order valence-electron chi connectivity index (χ2n) is 4.07. The number of aromatic hydroxyl groups is 1. The Hall–Kier alpha value is -2.83. The highest BCUT2D eigenvalue weighted by Gasteiger charge is 2.18. The number of rotatable bonds is 4. The van der Waals surface area contributed by atoms with Crippen molar-refractivity contribution >= 4 is 11.9 Å². The summed E-state index contributed by atoms with van der Waals surface area (Å²) in [4.78, 5) is 22.9. The normalized spacial score (nSPS) is 10.2. The van der Waals surface area contributed by atoms with Crippen LogP contribution in [-0.2, 0) is 9.47 Å². The molecule has 0 spiro atoms. The Morgan fingerprint density at radius 3 is 2.48 bits per heavy atom. The molecule has 0 saturated carbocycles. The van der Waals surface area contributed by atoms with Gasteiger partial charge in [0.2, 0.25) is 5.69 Å². The van der Waals surface area contributed by atoms with Crippen molar-refractivity contribution in [2.45, 2.75) is 6.92 Å². The molecule has 0 aliphatic rings. The molecule has 1 N–H and O–H groups in total. The number of hydrogen-bond acceptors (Lipinski definition) is 6. The van der Waals surface area contributed by atoms with E-state index < -0.39 is 11.9 Å². The van der Waals surface area contributed by atoms with Crippen LogP contribution in [0.3, 0.4) is 0 Å². The van der Waals surface area contributed by atoms with E-state index >= 15 is 0 Å². The van der Waals surface area contributed by atoms with Gasteiger partial charge < -0.3 is 14.6 Å². The van der Waals surface area contributed by atoms with Crippen LogP contribution in [-0.4, -0.2) is 40.5 Å². The molecule has 1 heterocycles. The monoisotopic (exact) mass is 290 g/mol. The molecule has 2 rings (SSSR count). The summed E-state index contributed by atoms with van der Waals surface area (Å²) in [5, 5.41) is 13.7. The van der Waals surface area contributed by atoms with Gasteiger partial charge in [0.05, 0.1) is 31.2 Å². The number of carbonyl (C=O) groups excluding carboxylic acids is 2. The molecular weight excluding hydrogens is 276 g/mol. The van der Waals surface area contributed by atoms with Crippen LogP contribution in [0.2, 0.25) is 0 Å². The molecule has 0 bridgehead atoms. The Bertz CT molecular complexity index is 661. The quantitative estimate of drug-likeness (QED) is 0.859. The predicted octanol–water partition coefficient (Wildman–Crippen LogP) is 1.54. The van der Waals surface area contributed by atoms with Crippen molar-refractivity contribution in [2.75, 3.05) is 13.7 Å². The Balaban J connectivity index is 2.28. The fourth-order valence-corrected chi connectivity index (χ4v) is 1.71. The second kappa shape index (κ2) is 6.08. The van der Waals surface area contributed by atoms with E-state index in [2.05, 4.69) is 9.84 Å². The maximum atomic E-state index is 11.6. The lowest BCUT2D eigenvalue weighted by Crippen LogP contribution is -2.07. The molecule has 1 aromatic carbocycles. The van der Waals surface area contributed by atoms with Gasteiger partial charge in [0, 0.05) is 0 Å². The number of ether oxygens (including phenoxy) is 2. The zero-order valence-corrected chi connectivity index (χ0v) is 11.6. The minimum atomic E-state index is -0.695. The van der Waals surface area contributed by atoms with Crippen LogP contribution < -0.4 is 0 Å². The molecule has 0 unspecified atom stereocenters. The highest BCUT2D eigenvalue weighted by molar-refractivity contribution is 5.90. The lowest BCUT2D eigenvalue weighted by molar-refractivity contribution is 0.0514. The number of nitrogens with zero attached hydrogens (tertiary/aromatic N) is 2. The van der Waals surface area contributed by atoms with E-state index in [1.165, 1.54) is 18.0 Å². The fraction of sp³-hybridized carbons (Fsp3) is 0.214. The van der Waals surface area contributed by atoms with Gasteiger partial charge in [-0.25, -0.2) is 14.3 Å². The minimum Gasteiger partial charge on any atom is -0.504 e. The van der Waals surface area contributed by atoms with E-state index in [4.69, 9.17) is 4.74 Å². The predicted molar refractivity (Wildman–Crippen MR) is 72.5 cm³/mol. The van der Waals surface area contributed by atoms with Gasteiger partial charge in [0.25, 0.3) is 0 Å². The van der Waals surface area contributed by atoms with Crippen molar-refractivity contribution in [2.24, 2.45) is 0 Å². The number of esters is 2. The molecule has 0 saturated heterocycles. The molecule has 2 aromatic rings. The van der Waals surface area contributed by atoms with Gasteiger partial charge in [-0.1, -0.05) is 0 Å². The van der Waals surface area contributed by atoms with Crippen LogP contribution in [0.25, 0.3) is 5.69 Å². The number of carbonyl (C=O) groups is 2. The standard InChI is InChI=1S/C14H14N2O5/c1-3-21-14(19)12-11(17)8-16(15-12)10-6-4-9(5-7-10)13(18)20-2/h4-8,17H,3H2,1-2H3. The third-order valence-corrected chi connectivity index (χ3v) is 2.72. The molecule has 1 aromatic heterocycles. The Morgan fingerprint density at radius 1 is 1.24 bits per heavy atom. The lowest BCUT2D eigenvalue weighted by Gasteiger charge is -2.03. The van der Waals surface area contributed by atoms with Gasteiger partial charge in [-0.3, -0.25) is 0 Å². The molecular formula is C14H14N2O5. The van der Waals surface area contributed by atoms with Gasteiger partial charge in [-0.2, -0.15) is 5.10 Å². The van der Waals surface area contributed by atoms with E-state index in [9.17, 15) is 14.7 Å². The van der Waals surface area contributed by atoms with Crippen LogP contribution in [0, 0.1) is 0 Å². The molecule has 110 valence electrons. The van der Waals surface area contributed by atoms with E-state index in [1.54, 1.807) is 31.2 Å². The summed E-state index contributed by atoms with van der Waals surface area (Å²) in [6, 6.07) is 6.36. The number of benzene rings is 1. The van der Waals surface area contributed by atoms with E-state index in [-0.39, 0.29) is 18.1 Å². The summed E-state index contributed by atoms with van der Waals surface area (Å²) in [5.41, 5.74) is 0.811. The molecule has 21 heavy (non-hydrogen) atoms. The third kappa shape index (κ3) is 3.02. The summed E-state index contributed by atoms with van der Waals surface area (Å²) in [7, 11) is 1.30. The van der Waals surface area contributed by atoms with Crippen molar-refractivity contribution in [3.05, 3.63) is 41.7 Å².